The first-order valence-electron chi connectivity index (χ1n) is 7.64. The van der Waals surface area contributed by atoms with Gasteiger partial charge in [0, 0.05) is 0 Å². The van der Waals surface area contributed by atoms with Gasteiger partial charge in [0.1, 0.15) is 17.5 Å². The van der Waals surface area contributed by atoms with E-state index in [-0.39, 0.29) is 17.8 Å². The van der Waals surface area contributed by atoms with Crippen molar-refractivity contribution in [2.75, 3.05) is 18.5 Å². The number of hydrogen-bond acceptors (Lipinski definition) is 6. The average Bonchev–Trinajstić information content (AvgIpc) is 2.52. The number of ether oxygens (including phenoxy) is 1. The van der Waals surface area contributed by atoms with Crippen LogP contribution in [-0.4, -0.2) is 36.0 Å². The summed E-state index contributed by atoms with van der Waals surface area (Å²) >= 11 is 0. The summed E-state index contributed by atoms with van der Waals surface area (Å²) in [7, 11) is 0. The second-order valence-corrected chi connectivity index (χ2v) is 5.07. The number of nitrogens with two attached hydrogens (primary N) is 1. The minimum atomic E-state index is -1.35. The summed E-state index contributed by atoms with van der Waals surface area (Å²) in [6, 6.07) is 3.02. The van der Waals surface area contributed by atoms with Crippen LogP contribution in [0.1, 0.15) is 26.7 Å². The normalized spacial score (nSPS) is 11.6. The second kappa shape index (κ2) is 9.46. The molecular weight excluding hydrogens is 318 g/mol. The lowest BCUT2D eigenvalue weighted by atomic mass is 10.2. The molecule has 0 aliphatic rings. The zero-order valence-electron chi connectivity index (χ0n) is 13.6. The molecule has 9 nitrogen and oxygen atoms in total. The van der Waals surface area contributed by atoms with Crippen LogP contribution in [0.3, 0.4) is 0 Å². The second-order valence-electron chi connectivity index (χ2n) is 5.07. The van der Waals surface area contributed by atoms with Crippen molar-refractivity contribution in [2.45, 2.75) is 32.7 Å². The quantitative estimate of drug-likeness (QED) is 0.432. The van der Waals surface area contributed by atoms with Gasteiger partial charge in [-0.2, -0.15) is 0 Å². The average molecular weight is 339 g/mol. The fourth-order valence-corrected chi connectivity index (χ4v) is 2.06. The third-order valence-corrected chi connectivity index (χ3v) is 3.20. The first kappa shape index (κ1) is 19.4. The molecular formula is C15H21N3O6. The Morgan fingerprint density at radius 1 is 1.38 bits per heavy atom. The smallest absolute Gasteiger partial charge is 0.296 e. The first-order chi connectivity index (χ1) is 11.4. The number of carboxylic acids is 1. The zero-order valence-corrected chi connectivity index (χ0v) is 13.6. The van der Waals surface area contributed by atoms with Gasteiger partial charge in [0.2, 0.25) is 5.91 Å². The Balaban J connectivity index is 2.85. The molecule has 1 rings (SSSR count). The predicted octanol–water partition coefficient (Wildman–Crippen LogP) is -0.586. The first-order valence-corrected chi connectivity index (χ1v) is 7.64. The van der Waals surface area contributed by atoms with Gasteiger partial charge in [-0.25, -0.2) is 0 Å². The largest absolute Gasteiger partial charge is 0.544 e. The lowest BCUT2D eigenvalue weighted by molar-refractivity contribution is -0.682. The Hall–Kier alpha value is -2.68. The molecule has 1 atom stereocenters. The van der Waals surface area contributed by atoms with Gasteiger partial charge in [0.05, 0.1) is 36.5 Å². The van der Waals surface area contributed by atoms with Gasteiger partial charge in [-0.15, -0.1) is 0 Å². The van der Waals surface area contributed by atoms with Crippen molar-refractivity contribution in [3.05, 3.63) is 28.3 Å². The predicted molar refractivity (Wildman–Crippen MR) is 83.4 cm³/mol. The molecule has 0 saturated heterocycles. The number of nitro groups is 1. The minimum absolute atomic E-state index is 0.0129. The number of carboxylic acid groups (broad SMARTS) is 1. The highest BCUT2D eigenvalue weighted by Crippen LogP contribution is 2.29. The van der Waals surface area contributed by atoms with Crippen LogP contribution in [0.25, 0.3) is 0 Å². The monoisotopic (exact) mass is 339 g/mol. The number of nitrogens with zero attached hydrogens (tertiary/aromatic N) is 1. The van der Waals surface area contributed by atoms with Gasteiger partial charge in [-0.05, 0) is 25.5 Å². The van der Waals surface area contributed by atoms with E-state index in [9.17, 15) is 24.8 Å². The highest BCUT2D eigenvalue weighted by molar-refractivity contribution is 5.95. The van der Waals surface area contributed by atoms with Crippen molar-refractivity contribution in [1.29, 1.82) is 0 Å². The number of anilines is 1. The van der Waals surface area contributed by atoms with Gasteiger partial charge in [0.15, 0.2) is 0 Å². The SMILES string of the molecule is CCC[NH2+][C@@H](CC(=O)Nc1ccc(OCC)cc1[N+](=O)[O-])C(=O)[O-]. The maximum Gasteiger partial charge on any atom is 0.296 e. The molecule has 0 saturated carbocycles. The number of quaternary nitrogens is 1. The van der Waals surface area contributed by atoms with Crippen LogP contribution in [0, 0.1) is 10.1 Å². The number of hydrogen-bond donors (Lipinski definition) is 2. The highest BCUT2D eigenvalue weighted by Gasteiger charge is 2.21. The van der Waals surface area contributed by atoms with E-state index in [1.807, 2.05) is 6.92 Å². The van der Waals surface area contributed by atoms with Crippen molar-refractivity contribution in [1.82, 2.24) is 0 Å². The Bertz CT molecular complexity index is 605. The van der Waals surface area contributed by atoms with Crippen molar-refractivity contribution >= 4 is 23.3 Å². The highest BCUT2D eigenvalue weighted by atomic mass is 16.6. The molecule has 0 spiro atoms. The molecule has 0 aliphatic heterocycles. The fraction of sp³-hybridized carbons (Fsp3) is 0.467. The summed E-state index contributed by atoms with van der Waals surface area (Å²) in [4.78, 5) is 33.5. The molecule has 0 radical (unpaired) electrons. The molecule has 1 aromatic carbocycles. The van der Waals surface area contributed by atoms with Crippen molar-refractivity contribution in [3.63, 3.8) is 0 Å². The minimum Gasteiger partial charge on any atom is -0.544 e. The number of rotatable bonds is 10. The summed E-state index contributed by atoms with van der Waals surface area (Å²) in [5.74, 6) is -1.67. The molecule has 0 bridgehead atoms. The van der Waals surface area contributed by atoms with Crippen molar-refractivity contribution in [2.24, 2.45) is 0 Å². The Morgan fingerprint density at radius 3 is 2.62 bits per heavy atom. The Morgan fingerprint density at radius 2 is 2.08 bits per heavy atom. The van der Waals surface area contributed by atoms with Crippen LogP contribution in [0.2, 0.25) is 0 Å². The van der Waals surface area contributed by atoms with Crippen LogP contribution in [-0.2, 0) is 9.59 Å². The van der Waals surface area contributed by atoms with E-state index >= 15 is 0 Å². The molecule has 9 heteroatoms. The molecule has 0 unspecified atom stereocenters. The van der Waals surface area contributed by atoms with Crippen LogP contribution in [0.4, 0.5) is 11.4 Å². The Kier molecular flexibility index (Phi) is 7.63. The molecule has 1 amide bonds. The maximum atomic E-state index is 12.0. The number of nitro benzene ring substituents is 1. The number of benzene rings is 1. The number of carbonyl (C=O) groups is 2. The van der Waals surface area contributed by atoms with Crippen LogP contribution < -0.4 is 20.5 Å². The lowest BCUT2D eigenvalue weighted by Crippen LogP contribution is -2.93. The van der Waals surface area contributed by atoms with Crippen molar-refractivity contribution < 1.29 is 29.7 Å². The molecule has 0 aliphatic carbocycles. The van der Waals surface area contributed by atoms with E-state index in [0.29, 0.717) is 18.9 Å². The molecule has 0 heterocycles. The van der Waals surface area contributed by atoms with Crippen LogP contribution >= 0.6 is 0 Å². The summed E-state index contributed by atoms with van der Waals surface area (Å²) in [6.07, 6.45) is 0.405. The molecule has 132 valence electrons. The van der Waals surface area contributed by atoms with E-state index in [1.54, 1.807) is 6.92 Å². The van der Waals surface area contributed by atoms with E-state index in [1.165, 1.54) is 23.5 Å². The molecule has 24 heavy (non-hydrogen) atoms. The van der Waals surface area contributed by atoms with Gasteiger partial charge in [-0.1, -0.05) is 6.92 Å². The van der Waals surface area contributed by atoms with Gasteiger partial charge in [0.25, 0.3) is 5.69 Å². The van der Waals surface area contributed by atoms with Crippen LogP contribution in [0.15, 0.2) is 18.2 Å². The number of nitrogens with one attached hydrogen (secondary N) is 1. The molecule has 3 N–H and O–H groups in total. The molecule has 1 aromatic rings. The summed E-state index contributed by atoms with van der Waals surface area (Å²) in [6.45, 7) is 4.51. The summed E-state index contributed by atoms with van der Waals surface area (Å²) in [5, 5.41) is 26.0. The maximum absolute atomic E-state index is 12.0. The summed E-state index contributed by atoms with van der Waals surface area (Å²) in [5.41, 5.74) is -0.335. The van der Waals surface area contributed by atoms with Gasteiger partial charge < -0.3 is 25.3 Å². The number of aliphatic carboxylic acids is 1. The third kappa shape index (κ3) is 5.84. The van der Waals surface area contributed by atoms with Crippen LogP contribution in [0.5, 0.6) is 5.75 Å². The van der Waals surface area contributed by atoms with E-state index in [4.69, 9.17) is 4.74 Å². The van der Waals surface area contributed by atoms with Gasteiger partial charge >= 0.3 is 0 Å². The van der Waals surface area contributed by atoms with Gasteiger partial charge in [-0.3, -0.25) is 14.9 Å². The number of amides is 1. The lowest BCUT2D eigenvalue weighted by Gasteiger charge is -2.16. The Labute approximate surface area is 139 Å². The van der Waals surface area contributed by atoms with E-state index in [0.717, 1.165) is 6.42 Å². The molecule has 0 fully saturated rings. The van der Waals surface area contributed by atoms with Crippen molar-refractivity contribution in [3.8, 4) is 5.75 Å². The molecule has 0 aromatic heterocycles. The fourth-order valence-electron chi connectivity index (χ4n) is 2.06. The van der Waals surface area contributed by atoms with E-state index in [2.05, 4.69) is 5.32 Å². The zero-order chi connectivity index (χ0) is 18.1. The number of carbonyl (C=O) groups excluding carboxylic acids is 2. The van der Waals surface area contributed by atoms with E-state index < -0.39 is 22.8 Å². The summed E-state index contributed by atoms with van der Waals surface area (Å²) < 4.78 is 5.19. The standard InChI is InChI=1S/C15H21N3O6/c1-3-7-16-12(15(20)21)9-14(19)17-11-6-5-10(24-4-2)8-13(11)18(22)23/h5-6,8,12,16H,3-4,7,9H2,1-2H3,(H,17,19)(H,20,21)/t12-/m0/s1. The third-order valence-electron chi connectivity index (χ3n) is 3.20. The topological polar surface area (TPSA) is 138 Å².